The lowest BCUT2D eigenvalue weighted by Gasteiger charge is -2.68. The van der Waals surface area contributed by atoms with E-state index in [1.807, 2.05) is 0 Å². The van der Waals surface area contributed by atoms with E-state index in [2.05, 4.69) is 20.8 Å². The largest absolute Gasteiger partial charge is 0.455 e. The van der Waals surface area contributed by atoms with Crippen molar-refractivity contribution in [1.82, 2.24) is 0 Å². The first-order valence-corrected chi connectivity index (χ1v) is 19.9. The van der Waals surface area contributed by atoms with Gasteiger partial charge in [-0.05, 0) is 55.3 Å². The second-order valence-corrected chi connectivity index (χ2v) is 19.7. The molecule has 3 fully saturated rings. The molecule has 9 atom stereocenters. The van der Waals surface area contributed by atoms with Gasteiger partial charge in [-0.1, -0.05) is 52.8 Å². The minimum atomic E-state index is -2.52. The fourth-order valence-electron chi connectivity index (χ4n) is 9.19. The van der Waals surface area contributed by atoms with Gasteiger partial charge in [-0.15, -0.1) is 0 Å². The Balaban J connectivity index is 1.91. The van der Waals surface area contributed by atoms with Gasteiger partial charge in [0.15, 0.2) is 25.8 Å². The lowest BCUT2D eigenvalue weighted by atomic mass is 9.44. The molecule has 1 saturated heterocycles. The predicted octanol–water partition coefficient (Wildman–Crippen LogP) is 4.68. The van der Waals surface area contributed by atoms with Gasteiger partial charge in [0.2, 0.25) is 0 Å². The summed E-state index contributed by atoms with van der Waals surface area (Å²) < 4.78 is 40.8. The van der Waals surface area contributed by atoms with Gasteiger partial charge in [-0.3, -0.25) is 14.4 Å². The molecule has 2 N–H and O–H groups in total. The second kappa shape index (κ2) is 13.0. The molecule has 5 rings (SSSR count). The van der Waals surface area contributed by atoms with Crippen LogP contribution in [-0.4, -0.2) is 90.5 Å². The second-order valence-electron chi connectivity index (χ2n) is 15.0. The first-order chi connectivity index (χ1) is 23.2. The number of rotatable bonds is 9. The van der Waals surface area contributed by atoms with Crippen molar-refractivity contribution < 1.29 is 54.1 Å². The topological polar surface area (TPSA) is 155 Å². The highest BCUT2D eigenvalue weighted by molar-refractivity contribution is 6.73. The fourth-order valence-corrected chi connectivity index (χ4v) is 12.1. The van der Waals surface area contributed by atoms with Gasteiger partial charge < -0.3 is 33.6 Å². The molecule has 270 valence electrons. The number of carbonyl (C=O) groups is 4. The molecule has 0 aromatic heterocycles. The van der Waals surface area contributed by atoms with Crippen molar-refractivity contribution in [2.24, 2.45) is 16.7 Å². The Morgan fingerprint density at radius 1 is 1.02 bits per heavy atom. The molecule has 4 aliphatic rings. The average Bonchev–Trinajstić information content (AvgIpc) is 3.04. The van der Waals surface area contributed by atoms with E-state index in [1.165, 1.54) is 13.8 Å². The van der Waals surface area contributed by atoms with Gasteiger partial charge in [0.05, 0.1) is 37.1 Å². The van der Waals surface area contributed by atoms with Crippen LogP contribution in [0.4, 0.5) is 0 Å². The molecule has 0 unspecified atom stereocenters. The van der Waals surface area contributed by atoms with Crippen molar-refractivity contribution in [2.45, 2.75) is 135 Å². The summed E-state index contributed by atoms with van der Waals surface area (Å²) in [7, 11) is -2.52. The van der Waals surface area contributed by atoms with Crippen molar-refractivity contribution in [3.8, 4) is 0 Å². The molecule has 0 radical (unpaired) electrons. The van der Waals surface area contributed by atoms with E-state index in [4.69, 9.17) is 24.7 Å². The van der Waals surface area contributed by atoms with Crippen molar-refractivity contribution in [2.75, 3.05) is 6.61 Å². The van der Waals surface area contributed by atoms with E-state index in [0.717, 1.165) is 25.1 Å². The highest BCUT2D eigenvalue weighted by atomic mass is 28.4. The summed E-state index contributed by atoms with van der Waals surface area (Å²) >= 11 is 0. The Morgan fingerprint density at radius 2 is 1.63 bits per heavy atom. The molecule has 0 spiro atoms. The van der Waals surface area contributed by atoms with E-state index in [0.29, 0.717) is 0 Å². The highest BCUT2D eigenvalue weighted by Crippen LogP contribution is 2.65. The number of ether oxygens (including phenoxy) is 4. The number of benzene rings is 1. The molecule has 1 aromatic rings. The van der Waals surface area contributed by atoms with Crippen LogP contribution in [0, 0.1) is 16.7 Å². The molecule has 11 nitrogen and oxygen atoms in total. The van der Waals surface area contributed by atoms with Gasteiger partial charge >= 0.3 is 17.9 Å². The number of carbonyl (C=O) groups excluding carboxylic acids is 4. The van der Waals surface area contributed by atoms with Crippen LogP contribution in [0.1, 0.15) is 86.9 Å². The van der Waals surface area contributed by atoms with Gasteiger partial charge in [0.25, 0.3) is 0 Å². The van der Waals surface area contributed by atoms with Crippen molar-refractivity contribution in [1.29, 1.82) is 0 Å². The van der Waals surface area contributed by atoms with E-state index in [1.54, 1.807) is 51.1 Å². The summed E-state index contributed by atoms with van der Waals surface area (Å²) in [6.07, 6.45) is -8.04. The summed E-state index contributed by atoms with van der Waals surface area (Å²) in [5, 5.41) is 25.0. The van der Waals surface area contributed by atoms with Crippen LogP contribution in [-0.2, 0) is 37.8 Å². The summed E-state index contributed by atoms with van der Waals surface area (Å²) in [5.74, 6) is -4.27. The molecule has 2 bridgehead atoms. The first kappa shape index (κ1) is 35.9. The maximum absolute atomic E-state index is 15.7. The van der Waals surface area contributed by atoms with Gasteiger partial charge in [-0.2, -0.15) is 0 Å². The Hall–Kier alpha value is -2.90. The monoisotopic (exact) mass is 702 g/mol. The Kier molecular flexibility index (Phi) is 9.53. The SMILES string of the molecule is [3H][C@]1(O)C[C@@]2(O)[C@@H](OC(=O)c3ccccc3)[C@@H]3[C@]4(OC(C)=O)CO[C@@H]4C[C@H](O[Si](CC)(CC)CC)[C@@]3(C)C(=O)[C@H](OC(C)=O)C(=C1C)C2(C)C. The minimum absolute atomic E-state index is 0.0363. The number of hydrogen-bond donors (Lipinski definition) is 2. The maximum Gasteiger partial charge on any atom is 0.338 e. The molecule has 2 saturated carbocycles. The molecular weight excluding hydrogens is 648 g/mol. The normalized spacial score (nSPS) is 38.5. The minimum Gasteiger partial charge on any atom is -0.455 e. The van der Waals surface area contributed by atoms with Crippen LogP contribution in [0.3, 0.4) is 0 Å². The van der Waals surface area contributed by atoms with Crippen LogP contribution in [0.25, 0.3) is 0 Å². The number of Topliss-reactive ketones (excluding diaryl/α,β-unsaturated/α-hetero) is 1. The Bertz CT molecular complexity index is 1560. The zero-order chi connectivity index (χ0) is 37.2. The molecule has 3 aliphatic carbocycles. The van der Waals surface area contributed by atoms with Crippen molar-refractivity contribution in [3.63, 3.8) is 0 Å². The Morgan fingerprint density at radius 3 is 2.14 bits per heavy atom. The standard InChI is InChI=1S/C37H52O11Si/c1-10-49(11-2,12-3)48-26-18-27-36(20-44-27,47-23(6)39)30-32(46-33(42)24-16-14-13-15-17-24)37(43)19-25(40)21(4)28(34(37,7)8)29(45-22(5)38)31(41)35(26,30)9/h13-17,25-27,29-30,32,40,43H,10-12,18-20H2,1-9H3/t25-,26-,27+,29+,30-,32-,35+,36-,37+/m0/s1/i25T. The number of esters is 3. The quantitative estimate of drug-likeness (QED) is 0.160. The summed E-state index contributed by atoms with van der Waals surface area (Å²) in [6, 6.07) is 10.3. The smallest absolute Gasteiger partial charge is 0.338 e. The zero-order valence-corrected chi connectivity index (χ0v) is 31.1. The van der Waals surface area contributed by atoms with E-state index >= 15 is 4.79 Å². The van der Waals surface area contributed by atoms with Gasteiger partial charge in [0, 0.05) is 32.1 Å². The molecule has 0 amide bonds. The van der Waals surface area contributed by atoms with Gasteiger partial charge in [-0.25, -0.2) is 4.79 Å². The third-order valence-corrected chi connectivity index (χ3v) is 17.0. The molecular formula is C37H52O11Si. The number of ketones is 1. The summed E-state index contributed by atoms with van der Waals surface area (Å²) in [4.78, 5) is 55.6. The predicted molar refractivity (Wildman–Crippen MR) is 181 cm³/mol. The summed E-state index contributed by atoms with van der Waals surface area (Å²) in [5.41, 5.74) is -6.95. The number of aliphatic hydroxyl groups is 2. The molecule has 1 aliphatic heterocycles. The van der Waals surface area contributed by atoms with Crippen molar-refractivity contribution in [3.05, 3.63) is 47.0 Å². The molecule has 49 heavy (non-hydrogen) atoms. The molecule has 12 heteroatoms. The lowest BCUT2D eigenvalue weighted by molar-refractivity contribution is -0.344. The van der Waals surface area contributed by atoms with E-state index < -0.39 is 96.9 Å². The maximum atomic E-state index is 15.7. The van der Waals surface area contributed by atoms with E-state index in [-0.39, 0.29) is 29.7 Å². The average molecular weight is 703 g/mol. The molecule has 1 aromatic carbocycles. The van der Waals surface area contributed by atoms with E-state index in [9.17, 15) is 24.6 Å². The van der Waals surface area contributed by atoms with Crippen LogP contribution in [0.5, 0.6) is 0 Å². The number of fused-ring (bicyclic) bond motifs is 5. The highest BCUT2D eigenvalue weighted by Gasteiger charge is 2.78. The summed E-state index contributed by atoms with van der Waals surface area (Å²) in [6.45, 7) is 14.7. The Labute approximate surface area is 291 Å². The first-order valence-electron chi connectivity index (χ1n) is 17.8. The van der Waals surface area contributed by atoms with Crippen LogP contribution >= 0.6 is 0 Å². The fraction of sp³-hybridized carbons (Fsp3) is 0.676. The van der Waals surface area contributed by atoms with Crippen LogP contribution < -0.4 is 0 Å². The van der Waals surface area contributed by atoms with Crippen LogP contribution in [0.15, 0.2) is 41.5 Å². The van der Waals surface area contributed by atoms with Crippen LogP contribution in [0.2, 0.25) is 18.1 Å². The number of hydrogen-bond acceptors (Lipinski definition) is 11. The third-order valence-electron chi connectivity index (χ3n) is 12.3. The van der Waals surface area contributed by atoms with Crippen molar-refractivity contribution >= 4 is 32.0 Å². The molecule has 1 heterocycles. The lowest BCUT2D eigenvalue weighted by Crippen LogP contribution is -2.82. The zero-order valence-electron chi connectivity index (χ0n) is 31.1. The third kappa shape index (κ3) is 5.62. The van der Waals surface area contributed by atoms with Gasteiger partial charge in [0.1, 0.15) is 17.8 Å².